The third-order valence-electron chi connectivity index (χ3n) is 7.80. The second kappa shape index (κ2) is 7.33. The average Bonchev–Trinajstić information content (AvgIpc) is 3.68. The van der Waals surface area contributed by atoms with E-state index in [0.29, 0.717) is 41.9 Å². The van der Waals surface area contributed by atoms with Crippen molar-refractivity contribution in [3.05, 3.63) is 45.7 Å². The summed E-state index contributed by atoms with van der Waals surface area (Å²) in [5.74, 6) is 1.79. The van der Waals surface area contributed by atoms with Crippen molar-refractivity contribution in [1.29, 1.82) is 0 Å². The van der Waals surface area contributed by atoms with Crippen molar-refractivity contribution >= 4 is 0 Å². The molecule has 3 heterocycles. The minimum Gasteiger partial charge on any atom is -0.493 e. The van der Waals surface area contributed by atoms with Gasteiger partial charge in [-0.25, -0.2) is 0 Å². The number of epoxide rings is 1. The Morgan fingerprint density at radius 1 is 1.12 bits per heavy atom. The Morgan fingerprint density at radius 3 is 2.62 bits per heavy atom. The Kier molecular flexibility index (Phi) is 4.65. The number of benzene rings is 1. The van der Waals surface area contributed by atoms with Gasteiger partial charge in [-0.05, 0) is 48.8 Å². The molecular weight excluding hydrogens is 410 g/mol. The van der Waals surface area contributed by atoms with Gasteiger partial charge in [0.2, 0.25) is 0 Å². The van der Waals surface area contributed by atoms with Crippen LogP contribution in [0.25, 0.3) is 11.3 Å². The Balaban J connectivity index is 1.47. The molecule has 2 unspecified atom stereocenters. The van der Waals surface area contributed by atoms with E-state index < -0.39 is 12.4 Å². The molecule has 170 valence electrons. The molecule has 7 heteroatoms. The van der Waals surface area contributed by atoms with Crippen LogP contribution in [0, 0.1) is 5.41 Å². The minimum absolute atomic E-state index is 0.0936. The number of aromatic nitrogens is 1. The van der Waals surface area contributed by atoms with Crippen LogP contribution in [-0.4, -0.2) is 43.4 Å². The molecule has 1 saturated heterocycles. The normalized spacial score (nSPS) is 28.1. The molecule has 32 heavy (non-hydrogen) atoms. The smallest absolute Gasteiger partial charge is 0.188 e. The average molecular weight is 440 g/mol. The Labute approximate surface area is 186 Å². The van der Waals surface area contributed by atoms with E-state index in [0.717, 1.165) is 29.8 Å². The molecule has 1 N–H and O–H groups in total. The van der Waals surface area contributed by atoms with Crippen LogP contribution in [0.4, 0.5) is 0 Å². The van der Waals surface area contributed by atoms with E-state index in [9.17, 15) is 9.90 Å². The highest BCUT2D eigenvalue weighted by Gasteiger charge is 2.59. The van der Waals surface area contributed by atoms with Gasteiger partial charge in [0.15, 0.2) is 23.2 Å². The highest BCUT2D eigenvalue weighted by Crippen LogP contribution is 2.70. The molecular formula is C25H29NO6. The summed E-state index contributed by atoms with van der Waals surface area (Å²) in [5, 5.41) is 9.76. The van der Waals surface area contributed by atoms with Crippen molar-refractivity contribution in [2.75, 3.05) is 27.4 Å². The van der Waals surface area contributed by atoms with Crippen LogP contribution in [0.1, 0.15) is 61.3 Å². The van der Waals surface area contributed by atoms with E-state index in [-0.39, 0.29) is 5.43 Å². The van der Waals surface area contributed by atoms with Gasteiger partial charge in [0, 0.05) is 55.5 Å². The number of hydrogen-bond donors (Lipinski definition) is 1. The van der Waals surface area contributed by atoms with Crippen molar-refractivity contribution < 1.29 is 24.1 Å². The molecule has 6 rings (SSSR count). The van der Waals surface area contributed by atoms with Crippen LogP contribution >= 0.6 is 0 Å². The molecule has 2 saturated carbocycles. The fourth-order valence-corrected chi connectivity index (χ4v) is 6.02. The van der Waals surface area contributed by atoms with Gasteiger partial charge >= 0.3 is 0 Å². The van der Waals surface area contributed by atoms with Gasteiger partial charge in [-0.2, -0.15) is 0 Å². The fraction of sp³-hybridized carbons (Fsp3) is 0.560. The maximum atomic E-state index is 12.9. The molecule has 1 aromatic carbocycles. The van der Waals surface area contributed by atoms with E-state index in [2.05, 4.69) is 10.6 Å². The van der Waals surface area contributed by atoms with Crippen LogP contribution in [0.3, 0.4) is 0 Å². The van der Waals surface area contributed by atoms with Crippen LogP contribution < -0.4 is 14.9 Å². The standard InChI is InChI=1S/C25H29NO6/c1-29-8-3-9-31-21-10-15-14-4-5-25(6-7-25)23(14)26-13-17(22-24(28)32-22)19(27)12-18(26)16(15)11-20(21)30-2/h10-14,22-24,28H,3-9H2,1-2H3/t14-,22?,23+,24?/m1/s1. The van der Waals surface area contributed by atoms with Crippen molar-refractivity contribution in [2.24, 2.45) is 5.41 Å². The first-order chi connectivity index (χ1) is 15.6. The van der Waals surface area contributed by atoms with Crippen LogP contribution in [0.15, 0.2) is 29.2 Å². The number of aliphatic hydroxyl groups excluding tert-OH is 1. The van der Waals surface area contributed by atoms with E-state index in [1.807, 2.05) is 12.3 Å². The summed E-state index contributed by atoms with van der Waals surface area (Å²) in [6, 6.07) is 6.18. The molecule has 2 aliphatic carbocycles. The monoisotopic (exact) mass is 439 g/mol. The van der Waals surface area contributed by atoms with Gasteiger partial charge in [-0.1, -0.05) is 0 Å². The van der Waals surface area contributed by atoms with Crippen molar-refractivity contribution in [3.8, 4) is 22.8 Å². The summed E-state index contributed by atoms with van der Waals surface area (Å²) in [7, 11) is 3.33. The number of fused-ring (bicyclic) bond motifs is 7. The van der Waals surface area contributed by atoms with E-state index in [1.54, 1.807) is 20.3 Å². The third-order valence-corrected chi connectivity index (χ3v) is 7.80. The number of methoxy groups -OCH3 is 2. The number of hydrogen-bond acceptors (Lipinski definition) is 6. The molecule has 1 spiro atoms. The summed E-state index contributed by atoms with van der Waals surface area (Å²) in [4.78, 5) is 12.9. The highest BCUT2D eigenvalue weighted by atomic mass is 16.7. The first kappa shape index (κ1) is 20.3. The molecule has 7 nitrogen and oxygen atoms in total. The van der Waals surface area contributed by atoms with Crippen LogP contribution in [0.5, 0.6) is 11.5 Å². The van der Waals surface area contributed by atoms with Gasteiger partial charge in [0.1, 0.15) is 6.10 Å². The largest absolute Gasteiger partial charge is 0.493 e. The van der Waals surface area contributed by atoms with E-state index in [1.165, 1.54) is 24.8 Å². The first-order valence-electron chi connectivity index (χ1n) is 11.5. The van der Waals surface area contributed by atoms with Crippen LogP contribution in [0.2, 0.25) is 0 Å². The second-order valence-corrected chi connectivity index (χ2v) is 9.57. The predicted octanol–water partition coefficient (Wildman–Crippen LogP) is 3.54. The molecule has 0 bridgehead atoms. The summed E-state index contributed by atoms with van der Waals surface area (Å²) in [5.41, 5.74) is 3.97. The fourth-order valence-electron chi connectivity index (χ4n) is 6.02. The molecule has 0 amide bonds. The lowest BCUT2D eigenvalue weighted by molar-refractivity contribution is 0.156. The topological polar surface area (TPSA) is 82.5 Å². The van der Waals surface area contributed by atoms with Gasteiger partial charge < -0.3 is 28.6 Å². The first-order valence-corrected chi connectivity index (χ1v) is 11.5. The SMILES string of the molecule is COCCCOc1cc2c(cc1OC)-c1cc(=O)c(C3OC3O)cn1[C@H]1[C@@H]2CCC12CC2. The molecule has 4 atom stereocenters. The molecule has 2 aliphatic heterocycles. The summed E-state index contributed by atoms with van der Waals surface area (Å²) < 4.78 is 24.4. The Bertz CT molecular complexity index is 1120. The summed E-state index contributed by atoms with van der Waals surface area (Å²) in [6.07, 6.45) is 6.15. The molecule has 4 aliphatic rings. The van der Waals surface area contributed by atoms with E-state index >= 15 is 0 Å². The van der Waals surface area contributed by atoms with Crippen molar-refractivity contribution in [3.63, 3.8) is 0 Å². The molecule has 1 aromatic heterocycles. The Morgan fingerprint density at radius 2 is 1.94 bits per heavy atom. The summed E-state index contributed by atoms with van der Waals surface area (Å²) in [6.45, 7) is 1.21. The maximum absolute atomic E-state index is 12.9. The van der Waals surface area contributed by atoms with Gasteiger partial charge in [-0.15, -0.1) is 0 Å². The lowest BCUT2D eigenvalue weighted by atomic mass is 9.81. The lowest BCUT2D eigenvalue weighted by Crippen LogP contribution is -2.28. The number of rotatable bonds is 7. The lowest BCUT2D eigenvalue weighted by Gasteiger charge is -2.37. The molecule has 2 aromatic rings. The van der Waals surface area contributed by atoms with Gasteiger partial charge in [0.25, 0.3) is 0 Å². The minimum atomic E-state index is -0.871. The summed E-state index contributed by atoms with van der Waals surface area (Å²) >= 11 is 0. The number of ether oxygens (including phenoxy) is 4. The second-order valence-electron chi connectivity index (χ2n) is 9.57. The zero-order valence-corrected chi connectivity index (χ0v) is 18.5. The number of nitrogens with zero attached hydrogens (tertiary/aromatic N) is 1. The van der Waals surface area contributed by atoms with Gasteiger partial charge in [0.05, 0.1) is 19.4 Å². The van der Waals surface area contributed by atoms with Gasteiger partial charge in [-0.3, -0.25) is 4.79 Å². The highest BCUT2D eigenvalue weighted by molar-refractivity contribution is 5.72. The van der Waals surface area contributed by atoms with E-state index in [4.69, 9.17) is 18.9 Å². The molecule has 3 fully saturated rings. The third kappa shape index (κ3) is 3.02. The van der Waals surface area contributed by atoms with Crippen molar-refractivity contribution in [1.82, 2.24) is 4.57 Å². The van der Waals surface area contributed by atoms with Crippen molar-refractivity contribution in [2.45, 2.75) is 56.5 Å². The number of aliphatic hydroxyl groups is 1. The Hall–Kier alpha value is -2.35. The zero-order valence-electron chi connectivity index (χ0n) is 18.5. The predicted molar refractivity (Wildman–Crippen MR) is 117 cm³/mol. The van der Waals surface area contributed by atoms with Crippen LogP contribution in [-0.2, 0) is 9.47 Å². The maximum Gasteiger partial charge on any atom is 0.188 e. The number of pyridine rings is 1. The zero-order chi connectivity index (χ0) is 22.0. The quantitative estimate of drug-likeness (QED) is 0.525. The molecule has 0 radical (unpaired) electrons.